The molecule has 1 aliphatic carbocycles. The molecule has 2 N–H and O–H groups in total. The molecule has 3 rings (SSSR count). The zero-order valence-electron chi connectivity index (χ0n) is 10.8. The van der Waals surface area contributed by atoms with Gasteiger partial charge in [-0.2, -0.15) is 0 Å². The lowest BCUT2D eigenvalue weighted by Crippen LogP contribution is -2.34. The van der Waals surface area contributed by atoms with Gasteiger partial charge in [-0.05, 0) is 32.1 Å². The highest BCUT2D eigenvalue weighted by Gasteiger charge is 2.27. The Morgan fingerprint density at radius 1 is 1.18 bits per heavy atom. The summed E-state index contributed by atoms with van der Waals surface area (Å²) in [5.74, 6) is 1.84. The highest BCUT2D eigenvalue weighted by Crippen LogP contribution is 2.30. The van der Waals surface area contributed by atoms with Gasteiger partial charge < -0.3 is 10.3 Å². The Labute approximate surface area is 103 Å². The van der Waals surface area contributed by atoms with Crippen LogP contribution >= 0.6 is 0 Å². The van der Waals surface area contributed by atoms with Gasteiger partial charge in [0.05, 0.1) is 5.69 Å². The topological polar surface area (TPSA) is 43.8 Å². The predicted octanol–water partition coefficient (Wildman–Crippen LogP) is 2.38. The summed E-state index contributed by atoms with van der Waals surface area (Å²) < 4.78 is 2.44. The van der Waals surface area contributed by atoms with Crippen LogP contribution < -0.4 is 5.73 Å². The second-order valence-corrected chi connectivity index (χ2v) is 5.79. The maximum atomic E-state index is 6.15. The van der Waals surface area contributed by atoms with Gasteiger partial charge in [0.25, 0.3) is 0 Å². The molecule has 0 fully saturated rings. The first-order valence-corrected chi connectivity index (χ1v) is 7.09. The third-order valence-electron chi connectivity index (χ3n) is 4.28. The van der Waals surface area contributed by atoms with Crippen LogP contribution in [0, 0.1) is 0 Å². The zero-order chi connectivity index (χ0) is 11.8. The van der Waals surface area contributed by atoms with E-state index in [4.69, 9.17) is 10.7 Å². The Hall–Kier alpha value is -0.830. The van der Waals surface area contributed by atoms with Crippen LogP contribution in [0.5, 0.6) is 0 Å². The van der Waals surface area contributed by atoms with Gasteiger partial charge in [-0.1, -0.05) is 19.8 Å². The van der Waals surface area contributed by atoms with Gasteiger partial charge in [0.1, 0.15) is 5.82 Å². The zero-order valence-corrected chi connectivity index (χ0v) is 10.8. The molecule has 1 aromatic rings. The van der Waals surface area contributed by atoms with Gasteiger partial charge in [-0.15, -0.1) is 0 Å². The number of hydrogen-bond acceptors (Lipinski definition) is 2. The van der Waals surface area contributed by atoms with Crippen LogP contribution in [0.1, 0.15) is 62.2 Å². The summed E-state index contributed by atoms with van der Waals surface area (Å²) in [6.07, 6.45) is 8.86. The second-order valence-electron chi connectivity index (χ2n) is 5.79. The molecular weight excluding hydrogens is 210 g/mol. The molecule has 17 heavy (non-hydrogen) atoms. The predicted molar refractivity (Wildman–Crippen MR) is 69.1 cm³/mol. The van der Waals surface area contributed by atoms with E-state index < -0.39 is 0 Å². The molecule has 2 heterocycles. The number of imidazole rings is 1. The average molecular weight is 233 g/mol. The van der Waals surface area contributed by atoms with Crippen LogP contribution in [0.2, 0.25) is 0 Å². The van der Waals surface area contributed by atoms with Crippen LogP contribution in [0.25, 0.3) is 0 Å². The maximum Gasteiger partial charge on any atom is 0.112 e. The van der Waals surface area contributed by atoms with Crippen molar-refractivity contribution in [3.8, 4) is 0 Å². The summed E-state index contributed by atoms with van der Waals surface area (Å²) in [5.41, 5.74) is 9.03. The quantitative estimate of drug-likeness (QED) is 0.747. The van der Waals surface area contributed by atoms with Crippen LogP contribution in [-0.4, -0.2) is 15.6 Å². The number of rotatable bonds is 0. The third kappa shape index (κ3) is 2.01. The summed E-state index contributed by atoms with van der Waals surface area (Å²) in [6.45, 7) is 3.26. The smallest absolute Gasteiger partial charge is 0.112 e. The Morgan fingerprint density at radius 3 is 2.76 bits per heavy atom. The number of nitrogens with two attached hydrogens (primary N) is 1. The first-order chi connectivity index (χ1) is 8.25. The fourth-order valence-corrected chi connectivity index (χ4v) is 3.42. The monoisotopic (exact) mass is 233 g/mol. The van der Waals surface area contributed by atoms with E-state index in [1.54, 1.807) is 0 Å². The molecular formula is C14H23N3. The van der Waals surface area contributed by atoms with Gasteiger partial charge >= 0.3 is 0 Å². The Kier molecular flexibility index (Phi) is 2.95. The third-order valence-corrected chi connectivity index (χ3v) is 4.28. The molecule has 0 saturated carbocycles. The minimum absolute atomic E-state index is 0.321. The van der Waals surface area contributed by atoms with Crippen molar-refractivity contribution in [3.05, 3.63) is 17.2 Å². The van der Waals surface area contributed by atoms with Crippen LogP contribution in [-0.2, 0) is 19.4 Å². The second kappa shape index (κ2) is 4.45. The molecule has 0 aromatic carbocycles. The molecule has 0 amide bonds. The fraction of sp³-hybridized carbons (Fsp3) is 0.786. The van der Waals surface area contributed by atoms with E-state index in [-0.39, 0.29) is 0 Å². The van der Waals surface area contributed by atoms with Crippen LogP contribution in [0.15, 0.2) is 0 Å². The van der Waals surface area contributed by atoms with E-state index in [9.17, 15) is 0 Å². The molecule has 0 saturated heterocycles. The molecule has 1 aromatic heterocycles. The number of nitrogens with zero attached hydrogens (tertiary/aromatic N) is 2. The number of aryl methyl sites for hydroxylation is 1. The lowest BCUT2D eigenvalue weighted by Gasteiger charge is -2.27. The first kappa shape index (κ1) is 11.3. The highest BCUT2D eigenvalue weighted by atomic mass is 15.1. The lowest BCUT2D eigenvalue weighted by atomic mass is 9.97. The van der Waals surface area contributed by atoms with Crippen LogP contribution in [0.3, 0.4) is 0 Å². The van der Waals surface area contributed by atoms with Gasteiger partial charge in [0.2, 0.25) is 0 Å². The first-order valence-electron chi connectivity index (χ1n) is 7.09. The fourth-order valence-electron chi connectivity index (χ4n) is 3.42. The van der Waals surface area contributed by atoms with E-state index >= 15 is 0 Å². The molecule has 3 nitrogen and oxygen atoms in total. The van der Waals surface area contributed by atoms with E-state index in [0.717, 1.165) is 13.0 Å². The Bertz CT molecular complexity index is 408. The summed E-state index contributed by atoms with van der Waals surface area (Å²) in [6, 6.07) is 0.321. The maximum absolute atomic E-state index is 6.15. The van der Waals surface area contributed by atoms with Crippen molar-refractivity contribution in [2.75, 3.05) is 0 Å². The van der Waals surface area contributed by atoms with Gasteiger partial charge in [-0.3, -0.25) is 0 Å². The van der Waals surface area contributed by atoms with E-state index in [2.05, 4.69) is 11.5 Å². The van der Waals surface area contributed by atoms with Gasteiger partial charge in [0.15, 0.2) is 0 Å². The molecule has 0 spiro atoms. The normalized spacial score (nSPS) is 29.1. The minimum atomic E-state index is 0.321. The van der Waals surface area contributed by atoms with Crippen molar-refractivity contribution in [2.24, 2.45) is 5.73 Å². The van der Waals surface area contributed by atoms with Crippen molar-refractivity contribution in [3.63, 3.8) is 0 Å². The lowest BCUT2D eigenvalue weighted by molar-refractivity contribution is 0.398. The standard InChI is InChI=1S/C14H23N3/c1-10-8-11(15)9-17-13-7-5-3-2-4-6-12(13)16-14(10)17/h10-11H,2-9,15H2,1H3. The van der Waals surface area contributed by atoms with E-state index in [1.165, 1.54) is 55.7 Å². The Morgan fingerprint density at radius 2 is 1.94 bits per heavy atom. The van der Waals surface area contributed by atoms with E-state index in [0.29, 0.717) is 12.0 Å². The molecule has 3 heteroatoms. The molecule has 2 unspecified atom stereocenters. The van der Waals surface area contributed by atoms with Crippen molar-refractivity contribution in [2.45, 2.75) is 70.4 Å². The number of fused-ring (bicyclic) bond motifs is 3. The molecule has 0 bridgehead atoms. The van der Waals surface area contributed by atoms with Crippen LogP contribution in [0.4, 0.5) is 0 Å². The van der Waals surface area contributed by atoms with Crippen molar-refractivity contribution >= 4 is 0 Å². The highest BCUT2D eigenvalue weighted by molar-refractivity contribution is 5.22. The van der Waals surface area contributed by atoms with E-state index in [1.807, 2.05) is 0 Å². The average Bonchev–Trinajstić information content (AvgIpc) is 2.56. The molecule has 1 aliphatic heterocycles. The summed E-state index contributed by atoms with van der Waals surface area (Å²) in [5, 5.41) is 0. The Balaban J connectivity index is 2.01. The molecule has 2 aliphatic rings. The number of hydrogen-bond donors (Lipinski definition) is 1. The SMILES string of the molecule is CC1CC(N)Cn2c1nc1c2CCCCCC1. The largest absolute Gasteiger partial charge is 0.330 e. The number of aromatic nitrogens is 2. The molecule has 0 radical (unpaired) electrons. The van der Waals surface area contributed by atoms with Gasteiger partial charge in [-0.25, -0.2) is 4.98 Å². The summed E-state index contributed by atoms with van der Waals surface area (Å²) >= 11 is 0. The van der Waals surface area contributed by atoms with Gasteiger partial charge in [0, 0.05) is 24.2 Å². The molecule has 94 valence electrons. The van der Waals surface area contributed by atoms with Crippen molar-refractivity contribution < 1.29 is 0 Å². The van der Waals surface area contributed by atoms with Crippen molar-refractivity contribution in [1.82, 2.24) is 9.55 Å². The summed E-state index contributed by atoms with van der Waals surface area (Å²) in [7, 11) is 0. The summed E-state index contributed by atoms with van der Waals surface area (Å²) in [4.78, 5) is 4.92. The molecule has 2 atom stereocenters. The minimum Gasteiger partial charge on any atom is -0.330 e. The van der Waals surface area contributed by atoms with Crippen molar-refractivity contribution in [1.29, 1.82) is 0 Å².